The van der Waals surface area contributed by atoms with Gasteiger partial charge in [-0.05, 0) is 32.8 Å². The van der Waals surface area contributed by atoms with Crippen molar-refractivity contribution in [3.05, 3.63) is 18.0 Å². The highest BCUT2D eigenvalue weighted by molar-refractivity contribution is 5.11. The SMILES string of the molecule is CCC(CC)(OC)C(O)c1ccnn1C(C)C. The Kier molecular flexibility index (Phi) is 4.71. The fourth-order valence-corrected chi connectivity index (χ4v) is 2.28. The fraction of sp³-hybridized carbons (Fsp3) is 0.769. The van der Waals surface area contributed by atoms with Gasteiger partial charge in [0.1, 0.15) is 6.10 Å². The van der Waals surface area contributed by atoms with Gasteiger partial charge in [-0.25, -0.2) is 0 Å². The molecular weight excluding hydrogens is 216 g/mol. The maximum Gasteiger partial charge on any atom is 0.124 e. The average Bonchev–Trinajstić information content (AvgIpc) is 2.80. The number of rotatable bonds is 6. The van der Waals surface area contributed by atoms with Crippen molar-refractivity contribution in [2.45, 2.75) is 58.3 Å². The lowest BCUT2D eigenvalue weighted by atomic mass is 9.88. The maximum atomic E-state index is 10.6. The van der Waals surface area contributed by atoms with Crippen LogP contribution in [0, 0.1) is 0 Å². The second kappa shape index (κ2) is 5.65. The molecule has 0 amide bonds. The zero-order chi connectivity index (χ0) is 13.1. The Balaban J connectivity index is 3.09. The maximum absolute atomic E-state index is 10.6. The molecule has 1 N–H and O–H groups in total. The molecule has 0 aliphatic heterocycles. The second-order valence-electron chi connectivity index (χ2n) is 4.67. The van der Waals surface area contributed by atoms with E-state index in [1.807, 2.05) is 24.6 Å². The summed E-state index contributed by atoms with van der Waals surface area (Å²) in [7, 11) is 1.66. The molecule has 1 heterocycles. The molecule has 0 radical (unpaired) electrons. The molecule has 4 heteroatoms. The molecule has 0 spiro atoms. The van der Waals surface area contributed by atoms with Gasteiger partial charge >= 0.3 is 0 Å². The zero-order valence-corrected chi connectivity index (χ0v) is 11.5. The molecule has 1 aromatic heterocycles. The summed E-state index contributed by atoms with van der Waals surface area (Å²) in [5, 5.41) is 14.8. The number of ether oxygens (including phenoxy) is 1. The normalized spacial score (nSPS) is 14.3. The van der Waals surface area contributed by atoms with Crippen LogP contribution >= 0.6 is 0 Å². The van der Waals surface area contributed by atoms with Crippen LogP contribution in [0.15, 0.2) is 12.3 Å². The average molecular weight is 240 g/mol. The van der Waals surface area contributed by atoms with Crippen LogP contribution in [0.25, 0.3) is 0 Å². The van der Waals surface area contributed by atoms with E-state index in [0.717, 1.165) is 18.5 Å². The van der Waals surface area contributed by atoms with Crippen molar-refractivity contribution in [2.75, 3.05) is 7.11 Å². The number of hydrogen-bond acceptors (Lipinski definition) is 3. The largest absolute Gasteiger partial charge is 0.384 e. The minimum atomic E-state index is -0.646. The molecule has 0 fully saturated rings. The molecule has 0 aliphatic rings. The monoisotopic (exact) mass is 240 g/mol. The van der Waals surface area contributed by atoms with Crippen LogP contribution in [0.5, 0.6) is 0 Å². The molecule has 0 bridgehead atoms. The van der Waals surface area contributed by atoms with E-state index in [9.17, 15) is 5.11 Å². The summed E-state index contributed by atoms with van der Waals surface area (Å²) < 4.78 is 7.42. The first-order valence-electron chi connectivity index (χ1n) is 6.29. The summed E-state index contributed by atoms with van der Waals surface area (Å²) in [6.07, 6.45) is 2.62. The van der Waals surface area contributed by atoms with Gasteiger partial charge in [0.2, 0.25) is 0 Å². The van der Waals surface area contributed by atoms with Gasteiger partial charge in [0.15, 0.2) is 0 Å². The first-order chi connectivity index (χ1) is 8.02. The van der Waals surface area contributed by atoms with E-state index >= 15 is 0 Å². The van der Waals surface area contributed by atoms with Gasteiger partial charge < -0.3 is 9.84 Å². The molecule has 0 saturated carbocycles. The molecule has 1 aromatic rings. The van der Waals surface area contributed by atoms with Crippen molar-refractivity contribution >= 4 is 0 Å². The van der Waals surface area contributed by atoms with Gasteiger partial charge in [-0.15, -0.1) is 0 Å². The smallest absolute Gasteiger partial charge is 0.124 e. The van der Waals surface area contributed by atoms with Crippen molar-refractivity contribution in [3.63, 3.8) is 0 Å². The van der Waals surface area contributed by atoms with Crippen LogP contribution in [-0.4, -0.2) is 27.6 Å². The van der Waals surface area contributed by atoms with E-state index in [-0.39, 0.29) is 6.04 Å². The van der Waals surface area contributed by atoms with Gasteiger partial charge in [-0.1, -0.05) is 13.8 Å². The van der Waals surface area contributed by atoms with Gasteiger partial charge in [0.25, 0.3) is 0 Å². The Morgan fingerprint density at radius 1 is 1.41 bits per heavy atom. The third-order valence-electron chi connectivity index (χ3n) is 3.57. The summed E-state index contributed by atoms with van der Waals surface area (Å²) >= 11 is 0. The highest BCUT2D eigenvalue weighted by atomic mass is 16.5. The first kappa shape index (κ1) is 14.2. The minimum Gasteiger partial charge on any atom is -0.384 e. The quantitative estimate of drug-likeness (QED) is 0.831. The third-order valence-corrected chi connectivity index (χ3v) is 3.57. The number of aromatic nitrogens is 2. The molecule has 4 nitrogen and oxygen atoms in total. The predicted octanol–water partition coefficient (Wildman–Crippen LogP) is 2.70. The number of aliphatic hydroxyl groups excluding tert-OH is 1. The number of hydrogen-bond donors (Lipinski definition) is 1. The van der Waals surface area contributed by atoms with Gasteiger partial charge in [-0.3, -0.25) is 4.68 Å². The first-order valence-corrected chi connectivity index (χ1v) is 6.29. The van der Waals surface area contributed by atoms with Crippen LogP contribution < -0.4 is 0 Å². The lowest BCUT2D eigenvalue weighted by molar-refractivity contribution is -0.113. The number of methoxy groups -OCH3 is 1. The Bertz CT molecular complexity index is 335. The van der Waals surface area contributed by atoms with E-state index in [4.69, 9.17) is 4.74 Å². The summed E-state index contributed by atoms with van der Waals surface area (Å²) in [6.45, 7) is 8.17. The van der Waals surface area contributed by atoms with E-state index in [2.05, 4.69) is 18.9 Å². The molecule has 1 atom stereocenters. The summed E-state index contributed by atoms with van der Waals surface area (Å²) in [5.41, 5.74) is 0.303. The lowest BCUT2D eigenvalue weighted by Gasteiger charge is -2.35. The molecule has 0 aliphatic carbocycles. The standard InChI is InChI=1S/C13H24N2O2/c1-6-13(7-2,17-5)12(16)11-8-9-14-15(11)10(3)4/h8-10,12,16H,6-7H2,1-5H3. The molecule has 0 aromatic carbocycles. The molecule has 1 unspecified atom stereocenters. The van der Waals surface area contributed by atoms with Gasteiger partial charge in [-0.2, -0.15) is 5.10 Å². The van der Waals surface area contributed by atoms with Crippen molar-refractivity contribution in [1.82, 2.24) is 9.78 Å². The van der Waals surface area contributed by atoms with Crippen molar-refractivity contribution in [1.29, 1.82) is 0 Å². The highest BCUT2D eigenvalue weighted by Crippen LogP contribution is 2.35. The zero-order valence-electron chi connectivity index (χ0n) is 11.5. The highest BCUT2D eigenvalue weighted by Gasteiger charge is 2.37. The Morgan fingerprint density at radius 3 is 2.41 bits per heavy atom. The van der Waals surface area contributed by atoms with E-state index in [1.54, 1.807) is 13.3 Å². The number of aliphatic hydroxyl groups is 1. The molecule has 98 valence electrons. The Labute approximate surface area is 104 Å². The van der Waals surface area contributed by atoms with Crippen LogP contribution in [0.2, 0.25) is 0 Å². The van der Waals surface area contributed by atoms with Crippen molar-refractivity contribution in [3.8, 4) is 0 Å². The molecule has 1 rings (SSSR count). The van der Waals surface area contributed by atoms with E-state index in [0.29, 0.717) is 0 Å². The van der Waals surface area contributed by atoms with Gasteiger partial charge in [0, 0.05) is 19.3 Å². The molecule has 17 heavy (non-hydrogen) atoms. The van der Waals surface area contributed by atoms with Crippen molar-refractivity contribution in [2.24, 2.45) is 0 Å². The van der Waals surface area contributed by atoms with Gasteiger partial charge in [0.05, 0.1) is 11.3 Å². The van der Waals surface area contributed by atoms with Crippen LogP contribution in [0.1, 0.15) is 58.4 Å². The van der Waals surface area contributed by atoms with E-state index in [1.165, 1.54) is 0 Å². The summed E-state index contributed by atoms with van der Waals surface area (Å²) in [5.74, 6) is 0. The minimum absolute atomic E-state index is 0.234. The topological polar surface area (TPSA) is 47.3 Å². The number of nitrogens with zero attached hydrogens (tertiary/aromatic N) is 2. The Morgan fingerprint density at radius 2 is 2.00 bits per heavy atom. The predicted molar refractivity (Wildman–Crippen MR) is 67.9 cm³/mol. The Hall–Kier alpha value is -0.870. The van der Waals surface area contributed by atoms with Crippen LogP contribution in [0.4, 0.5) is 0 Å². The van der Waals surface area contributed by atoms with Crippen LogP contribution in [0.3, 0.4) is 0 Å². The van der Waals surface area contributed by atoms with Crippen molar-refractivity contribution < 1.29 is 9.84 Å². The fourth-order valence-electron chi connectivity index (χ4n) is 2.28. The van der Waals surface area contributed by atoms with E-state index < -0.39 is 11.7 Å². The summed E-state index contributed by atoms with van der Waals surface area (Å²) in [4.78, 5) is 0. The molecular formula is C13H24N2O2. The molecule has 0 saturated heterocycles. The van der Waals surface area contributed by atoms with Crippen LogP contribution in [-0.2, 0) is 4.74 Å². The second-order valence-corrected chi connectivity index (χ2v) is 4.67. The third kappa shape index (κ3) is 2.53. The lowest BCUT2D eigenvalue weighted by Crippen LogP contribution is -2.38. The summed E-state index contributed by atoms with van der Waals surface area (Å²) in [6, 6.07) is 2.10.